The van der Waals surface area contributed by atoms with E-state index in [1.807, 2.05) is 0 Å². The first-order valence-electron chi connectivity index (χ1n) is 3.96. The molecule has 0 spiro atoms. The van der Waals surface area contributed by atoms with E-state index in [-0.39, 0.29) is 12.1 Å². The van der Waals surface area contributed by atoms with E-state index < -0.39 is 23.4 Å². The third-order valence-corrected chi connectivity index (χ3v) is 1.77. The summed E-state index contributed by atoms with van der Waals surface area (Å²) in [6, 6.07) is 1.55. The minimum Gasteiger partial charge on any atom is -0.507 e. The lowest BCUT2D eigenvalue weighted by atomic mass is 10.1. The number of benzene rings is 1. The highest BCUT2D eigenvalue weighted by Gasteiger charge is 2.15. The Morgan fingerprint density at radius 3 is 2.67 bits per heavy atom. The molecule has 0 aliphatic carbocycles. The minimum atomic E-state index is -1.28. The predicted molar refractivity (Wildman–Crippen MR) is 48.7 cm³/mol. The third-order valence-electron chi connectivity index (χ3n) is 1.77. The maximum atomic E-state index is 12.7. The molecule has 0 aliphatic heterocycles. The Bertz CT molecular complexity index is 418. The summed E-state index contributed by atoms with van der Waals surface area (Å²) in [4.78, 5) is 2.42. The summed E-state index contributed by atoms with van der Waals surface area (Å²) in [5.41, 5.74) is 7.91. The van der Waals surface area contributed by atoms with Crippen molar-refractivity contribution in [2.45, 2.75) is 6.10 Å². The normalized spacial score (nSPS) is 11.9. The van der Waals surface area contributed by atoms with Crippen molar-refractivity contribution in [3.63, 3.8) is 0 Å². The maximum absolute atomic E-state index is 12.7. The summed E-state index contributed by atoms with van der Waals surface area (Å²) in [6.07, 6.45) is -1.28. The first kappa shape index (κ1) is 11.1. The van der Waals surface area contributed by atoms with Gasteiger partial charge in [0.15, 0.2) is 11.6 Å². The second-order valence-corrected chi connectivity index (χ2v) is 2.79. The highest BCUT2D eigenvalue weighted by molar-refractivity contribution is 5.41. The molecule has 0 saturated carbocycles. The molecule has 0 unspecified atom stereocenters. The van der Waals surface area contributed by atoms with Crippen molar-refractivity contribution in [2.75, 3.05) is 6.54 Å². The second-order valence-electron chi connectivity index (χ2n) is 2.79. The quantitative estimate of drug-likeness (QED) is 0.307. The number of hydrogen-bond donors (Lipinski definition) is 3. The van der Waals surface area contributed by atoms with Crippen LogP contribution in [0, 0.1) is 5.82 Å². The fourth-order valence-corrected chi connectivity index (χ4v) is 1.05. The third kappa shape index (κ3) is 2.49. The van der Waals surface area contributed by atoms with Gasteiger partial charge in [0, 0.05) is 16.5 Å². The number of nitrogens with zero attached hydrogens (tertiary/aromatic N) is 3. The summed E-state index contributed by atoms with van der Waals surface area (Å²) < 4.78 is 12.7. The maximum Gasteiger partial charge on any atom is 0.168 e. The van der Waals surface area contributed by atoms with Gasteiger partial charge in [-0.3, -0.25) is 0 Å². The van der Waals surface area contributed by atoms with Crippen LogP contribution in [0.3, 0.4) is 0 Å². The number of phenolic OH excluding ortho intramolecular Hbond substituents is 2. The van der Waals surface area contributed by atoms with Gasteiger partial charge in [-0.2, -0.15) is 0 Å². The van der Waals surface area contributed by atoms with Crippen LogP contribution in [0.1, 0.15) is 11.7 Å². The zero-order valence-corrected chi connectivity index (χ0v) is 7.50. The minimum absolute atomic E-state index is 0.0960. The summed E-state index contributed by atoms with van der Waals surface area (Å²) in [7, 11) is 0. The van der Waals surface area contributed by atoms with Crippen molar-refractivity contribution < 1.29 is 19.7 Å². The lowest BCUT2D eigenvalue weighted by Gasteiger charge is -2.10. The summed E-state index contributed by atoms with van der Waals surface area (Å²) in [6.45, 7) is -0.310. The molecular formula is C8H8FN3O3. The zero-order chi connectivity index (χ0) is 11.4. The molecule has 6 nitrogen and oxygen atoms in total. The number of aliphatic hydroxyl groups is 1. The Hall–Kier alpha value is -1.98. The highest BCUT2D eigenvalue weighted by atomic mass is 19.1. The molecule has 1 aromatic carbocycles. The molecule has 0 aromatic heterocycles. The van der Waals surface area contributed by atoms with Crippen LogP contribution in [0.25, 0.3) is 10.4 Å². The van der Waals surface area contributed by atoms with Crippen LogP contribution in [-0.4, -0.2) is 21.9 Å². The monoisotopic (exact) mass is 213 g/mol. The van der Waals surface area contributed by atoms with Crippen LogP contribution in [0.4, 0.5) is 4.39 Å². The molecule has 0 fully saturated rings. The van der Waals surface area contributed by atoms with Crippen molar-refractivity contribution in [1.82, 2.24) is 0 Å². The molecular weight excluding hydrogens is 205 g/mol. The summed E-state index contributed by atoms with van der Waals surface area (Å²) in [5.74, 6) is -2.19. The van der Waals surface area contributed by atoms with Gasteiger partial charge in [-0.25, -0.2) is 4.39 Å². The lowest BCUT2D eigenvalue weighted by molar-refractivity contribution is 0.182. The van der Waals surface area contributed by atoms with E-state index >= 15 is 0 Å². The predicted octanol–water partition coefficient (Wildman–Crippen LogP) is 1.58. The first-order valence-corrected chi connectivity index (χ1v) is 3.96. The van der Waals surface area contributed by atoms with Gasteiger partial charge >= 0.3 is 0 Å². The molecule has 0 radical (unpaired) electrons. The number of azide groups is 1. The number of hydrogen-bond acceptors (Lipinski definition) is 4. The van der Waals surface area contributed by atoms with Crippen LogP contribution in [0.2, 0.25) is 0 Å². The molecule has 1 atom stereocenters. The molecule has 0 amide bonds. The van der Waals surface area contributed by atoms with Crippen LogP contribution < -0.4 is 0 Å². The topological polar surface area (TPSA) is 109 Å². The van der Waals surface area contributed by atoms with E-state index in [0.29, 0.717) is 6.07 Å². The van der Waals surface area contributed by atoms with E-state index in [1.165, 1.54) is 0 Å². The van der Waals surface area contributed by atoms with Crippen LogP contribution >= 0.6 is 0 Å². The van der Waals surface area contributed by atoms with Gasteiger partial charge in [0.05, 0.1) is 12.6 Å². The average Bonchev–Trinajstić information content (AvgIpc) is 2.20. The second kappa shape index (κ2) is 4.50. The Labute approximate surface area is 83.8 Å². The first-order chi connectivity index (χ1) is 7.06. The Morgan fingerprint density at radius 2 is 2.07 bits per heavy atom. The number of phenols is 2. The van der Waals surface area contributed by atoms with Gasteiger partial charge < -0.3 is 15.3 Å². The zero-order valence-electron chi connectivity index (χ0n) is 7.50. The van der Waals surface area contributed by atoms with Crippen molar-refractivity contribution >= 4 is 0 Å². The van der Waals surface area contributed by atoms with Gasteiger partial charge in [-0.15, -0.1) is 0 Å². The Morgan fingerprint density at radius 1 is 1.40 bits per heavy atom. The van der Waals surface area contributed by atoms with Gasteiger partial charge in [0.2, 0.25) is 0 Å². The molecule has 0 heterocycles. The molecule has 0 bridgehead atoms. The number of aromatic hydroxyl groups is 2. The Kier molecular flexibility index (Phi) is 3.33. The standard InChI is InChI=1S/C8H8FN3O3/c9-5-2-6(13)4(1-7(5)14)8(15)3-11-12-10/h1-2,8,13-15H,3H2/t8-/m1/s1. The van der Waals surface area contributed by atoms with E-state index in [9.17, 15) is 14.6 Å². The van der Waals surface area contributed by atoms with Crippen LogP contribution in [0.15, 0.2) is 17.2 Å². The average molecular weight is 213 g/mol. The molecule has 1 aromatic rings. The van der Waals surface area contributed by atoms with E-state index in [1.54, 1.807) is 0 Å². The van der Waals surface area contributed by atoms with Gasteiger partial charge in [-0.05, 0) is 11.6 Å². The number of rotatable bonds is 3. The molecule has 15 heavy (non-hydrogen) atoms. The summed E-state index contributed by atoms with van der Waals surface area (Å²) in [5, 5.41) is 30.7. The SMILES string of the molecule is [N-]=[N+]=NC[C@@H](O)c1cc(O)c(F)cc1O. The van der Waals surface area contributed by atoms with E-state index in [4.69, 9.17) is 10.6 Å². The molecule has 0 aliphatic rings. The fraction of sp³-hybridized carbons (Fsp3) is 0.250. The van der Waals surface area contributed by atoms with E-state index in [2.05, 4.69) is 10.0 Å². The van der Waals surface area contributed by atoms with Crippen molar-refractivity contribution in [3.8, 4) is 11.5 Å². The van der Waals surface area contributed by atoms with E-state index in [0.717, 1.165) is 6.07 Å². The Balaban J connectivity index is 3.03. The fourth-order valence-electron chi connectivity index (χ4n) is 1.05. The molecule has 7 heteroatoms. The molecule has 0 saturated heterocycles. The van der Waals surface area contributed by atoms with Gasteiger partial charge in [-0.1, -0.05) is 5.11 Å². The largest absolute Gasteiger partial charge is 0.507 e. The highest BCUT2D eigenvalue weighted by Crippen LogP contribution is 2.30. The molecule has 1 rings (SSSR count). The molecule has 3 N–H and O–H groups in total. The van der Waals surface area contributed by atoms with Crippen LogP contribution in [0.5, 0.6) is 11.5 Å². The van der Waals surface area contributed by atoms with Crippen molar-refractivity contribution in [1.29, 1.82) is 0 Å². The summed E-state index contributed by atoms with van der Waals surface area (Å²) >= 11 is 0. The van der Waals surface area contributed by atoms with Gasteiger partial charge in [0.1, 0.15) is 5.75 Å². The molecule has 80 valence electrons. The van der Waals surface area contributed by atoms with Crippen molar-refractivity contribution in [3.05, 3.63) is 34.0 Å². The smallest absolute Gasteiger partial charge is 0.168 e. The van der Waals surface area contributed by atoms with Crippen molar-refractivity contribution in [2.24, 2.45) is 5.11 Å². The lowest BCUT2D eigenvalue weighted by Crippen LogP contribution is -2.01. The number of aliphatic hydroxyl groups excluding tert-OH is 1. The van der Waals surface area contributed by atoms with Gasteiger partial charge in [0.25, 0.3) is 0 Å². The van der Waals surface area contributed by atoms with Crippen LogP contribution in [-0.2, 0) is 0 Å². The number of halogens is 1.